The quantitative estimate of drug-likeness (QED) is 0.653. The van der Waals surface area contributed by atoms with Crippen LogP contribution in [0.5, 0.6) is 0 Å². The van der Waals surface area contributed by atoms with E-state index in [2.05, 4.69) is 5.32 Å². The molecule has 0 rings (SSSR count). The lowest BCUT2D eigenvalue weighted by molar-refractivity contribution is 0.0371. The van der Waals surface area contributed by atoms with Crippen LogP contribution in [0.2, 0.25) is 0 Å². The zero-order valence-electron chi connectivity index (χ0n) is 11.5. The minimum absolute atomic E-state index is 0.140. The molecule has 6 nitrogen and oxygen atoms in total. The Hall–Kier alpha value is -1.46. The summed E-state index contributed by atoms with van der Waals surface area (Å²) < 4.78 is 9.85. The summed E-state index contributed by atoms with van der Waals surface area (Å²) in [5, 5.41) is 2.65. The summed E-state index contributed by atoms with van der Waals surface area (Å²) in [4.78, 5) is 21.9. The highest BCUT2D eigenvalue weighted by Gasteiger charge is 2.26. The van der Waals surface area contributed by atoms with Gasteiger partial charge in [-0.3, -0.25) is 0 Å². The molecule has 0 spiro atoms. The maximum absolute atomic E-state index is 11.4. The number of alkyl carbamates (subject to hydrolysis) is 1. The molecule has 6 heteroatoms. The van der Waals surface area contributed by atoms with E-state index >= 15 is 0 Å². The number of amides is 2. The molecule has 0 aliphatic rings. The van der Waals surface area contributed by atoms with Gasteiger partial charge in [-0.15, -0.1) is 0 Å². The van der Waals surface area contributed by atoms with Crippen LogP contribution in [0.1, 0.15) is 40.0 Å². The van der Waals surface area contributed by atoms with Crippen molar-refractivity contribution in [1.82, 2.24) is 5.32 Å². The van der Waals surface area contributed by atoms with Crippen LogP contribution in [0, 0.1) is 5.41 Å². The molecule has 1 atom stereocenters. The molecule has 0 heterocycles. The number of hydrogen-bond acceptors (Lipinski definition) is 4. The number of primary amides is 1. The molecular formula is C12H24N2O4. The van der Waals surface area contributed by atoms with E-state index < -0.39 is 17.6 Å². The van der Waals surface area contributed by atoms with Gasteiger partial charge in [0, 0.05) is 12.0 Å². The molecule has 0 radical (unpaired) electrons. The zero-order chi connectivity index (χ0) is 14.0. The van der Waals surface area contributed by atoms with E-state index in [9.17, 15) is 9.59 Å². The Labute approximate surface area is 108 Å². The molecule has 0 aliphatic carbocycles. The van der Waals surface area contributed by atoms with Crippen molar-refractivity contribution < 1.29 is 19.1 Å². The summed E-state index contributed by atoms with van der Waals surface area (Å²) in [6.07, 6.45) is 1.39. The Morgan fingerprint density at radius 3 is 2.33 bits per heavy atom. The molecule has 0 saturated carbocycles. The van der Waals surface area contributed by atoms with Crippen molar-refractivity contribution in [3.63, 3.8) is 0 Å². The Morgan fingerprint density at radius 1 is 1.22 bits per heavy atom. The van der Waals surface area contributed by atoms with Crippen LogP contribution in [0.25, 0.3) is 0 Å². The van der Waals surface area contributed by atoms with Crippen molar-refractivity contribution in [3.05, 3.63) is 0 Å². The largest absolute Gasteiger partial charge is 0.449 e. The number of carbonyl (C=O) groups is 2. The molecule has 2 amide bonds. The molecule has 0 saturated heterocycles. The fraction of sp³-hybridized carbons (Fsp3) is 0.833. The molecule has 1 unspecified atom stereocenters. The van der Waals surface area contributed by atoms with Gasteiger partial charge in [0.1, 0.15) is 13.2 Å². The summed E-state index contributed by atoms with van der Waals surface area (Å²) in [6.45, 7) is 6.78. The molecule has 0 fully saturated rings. The summed E-state index contributed by atoms with van der Waals surface area (Å²) in [5.74, 6) is 0. The number of nitrogens with two attached hydrogens (primary N) is 1. The third-order valence-electron chi connectivity index (χ3n) is 2.77. The van der Waals surface area contributed by atoms with E-state index in [1.807, 2.05) is 20.8 Å². The second-order valence-electron chi connectivity index (χ2n) is 4.63. The predicted molar refractivity (Wildman–Crippen MR) is 68.2 cm³/mol. The number of carbonyl (C=O) groups excluding carboxylic acids is 2. The first-order valence-electron chi connectivity index (χ1n) is 6.26. The molecule has 106 valence electrons. The number of unbranched alkanes of at least 4 members (excludes halogenated alkanes) is 1. The second kappa shape index (κ2) is 8.60. The van der Waals surface area contributed by atoms with Gasteiger partial charge in [0.15, 0.2) is 0 Å². The highest BCUT2D eigenvalue weighted by Crippen LogP contribution is 2.21. The average Bonchev–Trinajstić information content (AvgIpc) is 2.34. The Kier molecular flexibility index (Phi) is 7.91. The lowest BCUT2D eigenvalue weighted by atomic mass is 9.90. The first-order valence-corrected chi connectivity index (χ1v) is 6.26. The van der Waals surface area contributed by atoms with Gasteiger partial charge in [-0.25, -0.2) is 9.59 Å². The van der Waals surface area contributed by atoms with Crippen molar-refractivity contribution in [2.75, 3.05) is 19.8 Å². The van der Waals surface area contributed by atoms with Gasteiger partial charge in [0.05, 0.1) is 0 Å². The van der Waals surface area contributed by atoms with Crippen molar-refractivity contribution >= 4 is 12.2 Å². The molecule has 18 heavy (non-hydrogen) atoms. The third kappa shape index (κ3) is 7.76. The van der Waals surface area contributed by atoms with Crippen LogP contribution in [0.4, 0.5) is 9.59 Å². The number of rotatable bonds is 8. The molecule has 0 aliphatic heterocycles. The summed E-state index contributed by atoms with van der Waals surface area (Å²) >= 11 is 0. The topological polar surface area (TPSA) is 90.7 Å². The maximum atomic E-state index is 11.4. The van der Waals surface area contributed by atoms with Gasteiger partial charge in [0.2, 0.25) is 0 Å². The van der Waals surface area contributed by atoms with Crippen molar-refractivity contribution in [1.29, 1.82) is 0 Å². The van der Waals surface area contributed by atoms with E-state index in [-0.39, 0.29) is 13.2 Å². The van der Waals surface area contributed by atoms with Crippen LogP contribution < -0.4 is 11.1 Å². The van der Waals surface area contributed by atoms with E-state index in [0.717, 1.165) is 12.8 Å². The number of nitrogens with one attached hydrogen (secondary N) is 1. The summed E-state index contributed by atoms with van der Waals surface area (Å²) in [6, 6.07) is 0. The van der Waals surface area contributed by atoms with Gasteiger partial charge in [-0.1, -0.05) is 27.2 Å². The first-order chi connectivity index (χ1) is 8.43. The van der Waals surface area contributed by atoms with Crippen LogP contribution in [0.15, 0.2) is 0 Å². The van der Waals surface area contributed by atoms with Gasteiger partial charge in [0.25, 0.3) is 0 Å². The predicted octanol–water partition coefficient (Wildman–Crippen LogP) is 2.02. The van der Waals surface area contributed by atoms with Crippen LogP contribution >= 0.6 is 0 Å². The third-order valence-corrected chi connectivity index (χ3v) is 2.77. The standard InChI is InChI=1S/C12H24N2O4/c1-4-6-7-14-11(16)18-9-12(3,5-2)8-17-10(13)15/h4-9H2,1-3H3,(H2,13,15)(H,14,16). The van der Waals surface area contributed by atoms with Crippen LogP contribution in [0.3, 0.4) is 0 Å². The van der Waals surface area contributed by atoms with E-state index in [0.29, 0.717) is 13.0 Å². The van der Waals surface area contributed by atoms with Gasteiger partial charge in [-0.05, 0) is 12.8 Å². The highest BCUT2D eigenvalue weighted by atomic mass is 16.6. The van der Waals surface area contributed by atoms with Crippen LogP contribution in [-0.2, 0) is 9.47 Å². The maximum Gasteiger partial charge on any atom is 0.407 e. The Bertz CT molecular complexity index is 271. The highest BCUT2D eigenvalue weighted by molar-refractivity contribution is 5.67. The number of hydrogen-bond donors (Lipinski definition) is 2. The molecule has 0 bridgehead atoms. The zero-order valence-corrected chi connectivity index (χ0v) is 11.5. The fourth-order valence-electron chi connectivity index (χ4n) is 1.15. The van der Waals surface area contributed by atoms with E-state index in [4.69, 9.17) is 15.2 Å². The lowest BCUT2D eigenvalue weighted by Gasteiger charge is -2.26. The minimum Gasteiger partial charge on any atom is -0.449 e. The lowest BCUT2D eigenvalue weighted by Crippen LogP contribution is -2.35. The molecule has 0 aromatic rings. The second-order valence-corrected chi connectivity index (χ2v) is 4.63. The summed E-state index contributed by atoms with van der Waals surface area (Å²) in [7, 11) is 0. The number of ether oxygens (including phenoxy) is 2. The van der Waals surface area contributed by atoms with Crippen LogP contribution in [-0.4, -0.2) is 31.9 Å². The fourth-order valence-corrected chi connectivity index (χ4v) is 1.15. The first kappa shape index (κ1) is 16.5. The normalized spacial score (nSPS) is 13.5. The molecule has 3 N–H and O–H groups in total. The summed E-state index contributed by atoms with van der Waals surface area (Å²) in [5.41, 5.74) is 4.50. The monoisotopic (exact) mass is 260 g/mol. The van der Waals surface area contributed by atoms with Crippen molar-refractivity contribution in [2.45, 2.75) is 40.0 Å². The van der Waals surface area contributed by atoms with Crippen molar-refractivity contribution in [3.8, 4) is 0 Å². The SMILES string of the molecule is CCCCNC(=O)OCC(C)(CC)COC(N)=O. The Morgan fingerprint density at radius 2 is 1.83 bits per heavy atom. The smallest absolute Gasteiger partial charge is 0.407 e. The van der Waals surface area contributed by atoms with Gasteiger partial charge < -0.3 is 20.5 Å². The van der Waals surface area contributed by atoms with Gasteiger partial charge in [-0.2, -0.15) is 0 Å². The van der Waals surface area contributed by atoms with Crippen molar-refractivity contribution in [2.24, 2.45) is 11.1 Å². The molecule has 0 aromatic carbocycles. The Balaban J connectivity index is 3.96. The van der Waals surface area contributed by atoms with E-state index in [1.165, 1.54) is 0 Å². The van der Waals surface area contributed by atoms with Gasteiger partial charge >= 0.3 is 12.2 Å². The van der Waals surface area contributed by atoms with E-state index in [1.54, 1.807) is 0 Å². The molecular weight excluding hydrogens is 236 g/mol. The minimum atomic E-state index is -0.818. The average molecular weight is 260 g/mol. The molecule has 0 aromatic heterocycles.